The van der Waals surface area contributed by atoms with Crippen LogP contribution in [0.25, 0.3) is 0 Å². The third-order valence-electron chi connectivity index (χ3n) is 4.56. The number of hydrogen-bond donors (Lipinski definition) is 4. The summed E-state index contributed by atoms with van der Waals surface area (Å²) in [5.74, 6) is 0. The minimum Gasteiger partial charge on any atom is -0.398 e. The van der Waals surface area contributed by atoms with E-state index in [1.165, 1.54) is 0 Å². The lowest BCUT2D eigenvalue weighted by atomic mass is 10.1. The maximum Gasteiger partial charge on any atom is 1.00 e. The largest absolute Gasteiger partial charge is 1.00 e. The molecule has 0 atom stereocenters. The standard InChI is InChI=1S/C21H24N8.2CH4/c1-11-4-5-14(26-28-20-6-12(2)15(22)9-17(20)24)8-19(11)27-29-21-7-13(3)16(23)10-18(21)25;;/h4-10H,22-25H2,1-3H3;2*1H4/p+3. The molecule has 0 aliphatic rings. The van der Waals surface area contributed by atoms with Gasteiger partial charge in [-0.2, -0.15) is 10.2 Å². The van der Waals surface area contributed by atoms with Crippen LogP contribution in [0.4, 0.5) is 45.5 Å². The normalized spacial score (nSPS) is 10.8. The molecule has 0 bridgehead atoms. The molecule has 3 aromatic rings. The van der Waals surface area contributed by atoms with Crippen LogP contribution >= 0.6 is 0 Å². The van der Waals surface area contributed by atoms with Crippen LogP contribution in [-0.2, 0) is 0 Å². The highest BCUT2D eigenvalue weighted by Crippen LogP contribution is 2.33. The highest BCUT2D eigenvalue weighted by molar-refractivity contribution is 5.71. The van der Waals surface area contributed by atoms with Crippen LogP contribution in [0.2, 0.25) is 0 Å². The summed E-state index contributed by atoms with van der Waals surface area (Å²) in [4.78, 5) is 0. The molecular weight excluding hydrogens is 388 g/mol. The molecule has 0 fully saturated rings. The average molecular weight is 424 g/mol. The highest BCUT2D eigenvalue weighted by Gasteiger charge is 2.05. The Bertz CT molecular complexity index is 1150. The third-order valence-corrected chi connectivity index (χ3v) is 4.56. The summed E-state index contributed by atoms with van der Waals surface area (Å²) in [6, 6.07) is 12.5. The minimum absolute atomic E-state index is 0. The molecule has 3 aromatic carbocycles. The van der Waals surface area contributed by atoms with Crippen molar-refractivity contribution in [1.29, 1.82) is 0 Å². The molecule has 0 aliphatic heterocycles. The van der Waals surface area contributed by atoms with Crippen molar-refractivity contribution in [2.24, 2.45) is 20.5 Å². The van der Waals surface area contributed by atoms with Crippen LogP contribution in [0.1, 0.15) is 35.8 Å². The van der Waals surface area contributed by atoms with Crippen molar-refractivity contribution in [2.45, 2.75) is 35.6 Å². The van der Waals surface area contributed by atoms with Gasteiger partial charge in [0.15, 0.2) is 0 Å². The van der Waals surface area contributed by atoms with E-state index in [2.05, 4.69) is 20.5 Å². The smallest absolute Gasteiger partial charge is 0.398 e. The molecule has 0 heterocycles. The molecule has 8 heteroatoms. The van der Waals surface area contributed by atoms with E-state index in [1.54, 1.807) is 30.3 Å². The topological polar surface area (TPSA) is 154 Å². The van der Waals surface area contributed by atoms with Gasteiger partial charge in [0.2, 0.25) is 0 Å². The zero-order valence-electron chi connectivity index (χ0n) is 19.6. The second kappa shape index (κ2) is 10.2. The SMILES string of the molecule is C.C.Cc1cc(N=Nc2ccc(C)c(N=Nc3cc(C)c(N)cc3N)c2)c(N)cc1N.[H+].[H+].[H+]. The second-order valence-electron chi connectivity index (χ2n) is 6.91. The molecule has 0 amide bonds. The van der Waals surface area contributed by atoms with E-state index in [9.17, 15) is 0 Å². The Kier molecular flexibility index (Phi) is 8.26. The first-order valence-corrected chi connectivity index (χ1v) is 9.00. The Labute approximate surface area is 188 Å². The van der Waals surface area contributed by atoms with E-state index >= 15 is 0 Å². The molecule has 164 valence electrons. The number of rotatable bonds is 4. The van der Waals surface area contributed by atoms with Crippen molar-refractivity contribution in [2.75, 3.05) is 22.9 Å². The summed E-state index contributed by atoms with van der Waals surface area (Å²) in [5, 5.41) is 17.1. The summed E-state index contributed by atoms with van der Waals surface area (Å²) in [7, 11) is 0. The molecule has 0 saturated heterocycles. The zero-order chi connectivity index (χ0) is 21.1. The Balaban J connectivity index is -0.00000192. The van der Waals surface area contributed by atoms with Crippen molar-refractivity contribution in [1.82, 2.24) is 0 Å². The van der Waals surface area contributed by atoms with E-state index in [1.807, 2.05) is 32.9 Å². The van der Waals surface area contributed by atoms with Crippen LogP contribution in [0, 0.1) is 20.8 Å². The number of azo groups is 2. The molecule has 0 unspecified atom stereocenters. The molecule has 0 radical (unpaired) electrons. The van der Waals surface area contributed by atoms with Gasteiger partial charge in [-0.3, -0.25) is 0 Å². The third kappa shape index (κ3) is 5.79. The van der Waals surface area contributed by atoms with Crippen LogP contribution in [0.5, 0.6) is 0 Å². The average Bonchev–Trinajstić information content (AvgIpc) is 2.67. The molecule has 0 aliphatic carbocycles. The van der Waals surface area contributed by atoms with E-state index in [-0.39, 0.29) is 19.1 Å². The summed E-state index contributed by atoms with van der Waals surface area (Å²) in [6.07, 6.45) is 0. The van der Waals surface area contributed by atoms with Gasteiger partial charge in [0.05, 0.1) is 22.7 Å². The highest BCUT2D eigenvalue weighted by atomic mass is 15.1. The Morgan fingerprint density at radius 1 is 0.516 bits per heavy atom. The fourth-order valence-corrected chi connectivity index (χ4v) is 2.61. The van der Waals surface area contributed by atoms with E-state index in [0.29, 0.717) is 45.5 Å². The van der Waals surface area contributed by atoms with Gasteiger partial charge >= 0.3 is 4.28 Å². The predicted octanol–water partition coefficient (Wildman–Crippen LogP) is 7.38. The zero-order valence-corrected chi connectivity index (χ0v) is 16.6. The first-order chi connectivity index (χ1) is 13.7. The number of nitrogen functional groups attached to an aromatic ring is 4. The van der Waals surface area contributed by atoms with Gasteiger partial charge in [0.25, 0.3) is 0 Å². The van der Waals surface area contributed by atoms with Gasteiger partial charge in [0, 0.05) is 11.4 Å². The molecule has 0 aromatic heterocycles. The van der Waals surface area contributed by atoms with E-state index in [0.717, 1.165) is 16.7 Å². The van der Waals surface area contributed by atoms with E-state index in [4.69, 9.17) is 22.9 Å². The Hall–Kier alpha value is -3.94. The van der Waals surface area contributed by atoms with Crippen LogP contribution in [-0.4, -0.2) is 0 Å². The van der Waals surface area contributed by atoms with Crippen molar-refractivity contribution in [3.05, 3.63) is 59.2 Å². The number of nitrogens with two attached hydrogens (primary N) is 4. The van der Waals surface area contributed by atoms with Crippen molar-refractivity contribution in [3.8, 4) is 0 Å². The number of nitrogens with zero attached hydrogens (tertiary/aromatic N) is 4. The van der Waals surface area contributed by atoms with Gasteiger partial charge in [0.1, 0.15) is 11.4 Å². The number of benzene rings is 3. The minimum atomic E-state index is 0. The molecule has 3 rings (SSSR count). The lowest BCUT2D eigenvalue weighted by Crippen LogP contribution is -1.93. The Morgan fingerprint density at radius 2 is 0.968 bits per heavy atom. The number of aryl methyl sites for hydroxylation is 3. The lowest BCUT2D eigenvalue weighted by molar-refractivity contribution is 1.18. The molecule has 31 heavy (non-hydrogen) atoms. The lowest BCUT2D eigenvalue weighted by Gasteiger charge is -2.05. The van der Waals surface area contributed by atoms with Crippen LogP contribution in [0.3, 0.4) is 0 Å². The van der Waals surface area contributed by atoms with Crippen LogP contribution < -0.4 is 22.9 Å². The van der Waals surface area contributed by atoms with Gasteiger partial charge < -0.3 is 22.9 Å². The first kappa shape index (κ1) is 25.1. The molecular formula is C23H35N8+3. The first-order valence-electron chi connectivity index (χ1n) is 9.00. The Morgan fingerprint density at radius 3 is 1.48 bits per heavy atom. The molecule has 8 nitrogen and oxygen atoms in total. The molecule has 0 spiro atoms. The summed E-state index contributed by atoms with van der Waals surface area (Å²) < 4.78 is 0. The second-order valence-corrected chi connectivity index (χ2v) is 6.91. The molecule has 8 N–H and O–H groups in total. The number of hydrogen-bond acceptors (Lipinski definition) is 8. The van der Waals surface area contributed by atoms with Crippen molar-refractivity contribution >= 4 is 45.5 Å². The fourth-order valence-electron chi connectivity index (χ4n) is 2.61. The summed E-state index contributed by atoms with van der Waals surface area (Å²) in [5.41, 5.74) is 31.0. The number of anilines is 4. The van der Waals surface area contributed by atoms with Crippen molar-refractivity contribution in [3.63, 3.8) is 0 Å². The monoisotopic (exact) mass is 423 g/mol. The predicted molar refractivity (Wildman–Crippen MR) is 136 cm³/mol. The van der Waals surface area contributed by atoms with E-state index < -0.39 is 0 Å². The quantitative estimate of drug-likeness (QED) is 0.255. The van der Waals surface area contributed by atoms with Crippen molar-refractivity contribution < 1.29 is 4.28 Å². The summed E-state index contributed by atoms with van der Waals surface area (Å²) >= 11 is 0. The summed E-state index contributed by atoms with van der Waals surface area (Å²) in [6.45, 7) is 5.72. The van der Waals surface area contributed by atoms with Gasteiger partial charge in [-0.15, -0.1) is 10.2 Å². The van der Waals surface area contributed by atoms with Gasteiger partial charge in [-0.1, -0.05) is 20.9 Å². The molecule has 0 saturated carbocycles. The van der Waals surface area contributed by atoms with Gasteiger partial charge in [-0.25, -0.2) is 0 Å². The maximum absolute atomic E-state index is 5.98. The van der Waals surface area contributed by atoms with Crippen LogP contribution in [0.15, 0.2) is 62.9 Å². The van der Waals surface area contributed by atoms with Gasteiger partial charge in [-0.05, 0) is 73.9 Å². The maximum atomic E-state index is 5.98. The fraction of sp³-hybridized carbons (Fsp3) is 0.217.